The standard InChI is InChI=1S/C22H23N3O6S2/c1-30-19(18-6-3-11-31-18)14-23-21(26)22(27)24-16-9-8-15-5-2-10-25(17(15)13-16)33(28,29)20-7-4-12-32-20/h3-4,6-9,11-13,19H,2,5,10,14H2,1H3,(H,23,26)(H,24,27). The number of carbonyl (C=O) groups excluding carboxylic acids is 2. The van der Waals surface area contributed by atoms with Crippen molar-refractivity contribution in [2.75, 3.05) is 29.8 Å². The first kappa shape index (κ1) is 23.0. The van der Waals surface area contributed by atoms with Crippen molar-refractivity contribution in [3.8, 4) is 0 Å². The van der Waals surface area contributed by atoms with Crippen LogP contribution >= 0.6 is 11.3 Å². The largest absolute Gasteiger partial charge is 0.467 e. The summed E-state index contributed by atoms with van der Waals surface area (Å²) < 4.78 is 38.3. The second-order valence-corrected chi connectivity index (χ2v) is 10.4. The van der Waals surface area contributed by atoms with E-state index in [4.69, 9.17) is 9.15 Å². The number of thiophene rings is 1. The molecule has 3 heterocycles. The number of ether oxygens (including phenoxy) is 1. The number of fused-ring (bicyclic) bond motifs is 1. The Morgan fingerprint density at radius 2 is 2.06 bits per heavy atom. The molecule has 0 saturated heterocycles. The lowest BCUT2D eigenvalue weighted by molar-refractivity contribution is -0.136. The Labute approximate surface area is 195 Å². The fourth-order valence-corrected chi connectivity index (χ4v) is 6.25. The van der Waals surface area contributed by atoms with Crippen LogP contribution in [0.25, 0.3) is 0 Å². The molecule has 174 valence electrons. The number of hydrogen-bond donors (Lipinski definition) is 2. The van der Waals surface area contributed by atoms with Gasteiger partial charge in [-0.25, -0.2) is 8.42 Å². The van der Waals surface area contributed by atoms with Crippen LogP contribution in [0.5, 0.6) is 0 Å². The van der Waals surface area contributed by atoms with Crippen molar-refractivity contribution in [2.24, 2.45) is 0 Å². The number of hydrogen-bond acceptors (Lipinski definition) is 7. The van der Waals surface area contributed by atoms with Gasteiger partial charge in [-0.1, -0.05) is 12.1 Å². The Balaban J connectivity index is 1.46. The molecular weight excluding hydrogens is 466 g/mol. The fourth-order valence-electron chi connectivity index (χ4n) is 3.62. The molecule has 1 aliphatic rings. The maximum Gasteiger partial charge on any atom is 0.313 e. The Morgan fingerprint density at radius 3 is 2.76 bits per heavy atom. The third-order valence-corrected chi connectivity index (χ3v) is 8.44. The van der Waals surface area contributed by atoms with E-state index in [0.29, 0.717) is 30.1 Å². The Bertz CT molecular complexity index is 1220. The molecule has 0 bridgehead atoms. The second kappa shape index (κ2) is 9.77. The van der Waals surface area contributed by atoms with E-state index in [1.165, 1.54) is 17.7 Å². The number of sulfonamides is 1. The fraction of sp³-hybridized carbons (Fsp3) is 0.273. The normalized spacial score (nSPS) is 14.4. The molecule has 2 N–H and O–H groups in total. The number of nitrogens with zero attached hydrogens (tertiary/aromatic N) is 1. The summed E-state index contributed by atoms with van der Waals surface area (Å²) in [5.41, 5.74) is 1.70. The summed E-state index contributed by atoms with van der Waals surface area (Å²) in [7, 11) is -2.22. The van der Waals surface area contributed by atoms with E-state index in [-0.39, 0.29) is 10.8 Å². The van der Waals surface area contributed by atoms with Crippen LogP contribution in [0.2, 0.25) is 0 Å². The average molecular weight is 490 g/mol. The monoisotopic (exact) mass is 489 g/mol. The van der Waals surface area contributed by atoms with Crippen molar-refractivity contribution >= 4 is 44.5 Å². The lowest BCUT2D eigenvalue weighted by Gasteiger charge is -2.30. The molecule has 0 aliphatic carbocycles. The molecule has 1 aromatic carbocycles. The van der Waals surface area contributed by atoms with Crippen LogP contribution in [0.15, 0.2) is 62.7 Å². The van der Waals surface area contributed by atoms with Gasteiger partial charge in [-0.15, -0.1) is 11.3 Å². The van der Waals surface area contributed by atoms with E-state index in [1.807, 2.05) is 0 Å². The summed E-state index contributed by atoms with van der Waals surface area (Å²) in [6, 6.07) is 11.7. The van der Waals surface area contributed by atoms with Crippen LogP contribution in [0.1, 0.15) is 23.8 Å². The number of carbonyl (C=O) groups is 2. The summed E-state index contributed by atoms with van der Waals surface area (Å²) in [6.07, 6.45) is 2.39. The lowest BCUT2D eigenvalue weighted by atomic mass is 10.0. The number of amides is 2. The molecule has 0 fully saturated rings. The van der Waals surface area contributed by atoms with Gasteiger partial charge in [0.05, 0.1) is 18.5 Å². The van der Waals surface area contributed by atoms with Crippen molar-refractivity contribution < 1.29 is 27.2 Å². The zero-order chi connectivity index (χ0) is 23.4. The highest BCUT2D eigenvalue weighted by Crippen LogP contribution is 2.35. The average Bonchev–Trinajstić information content (AvgIpc) is 3.54. The van der Waals surface area contributed by atoms with Crippen molar-refractivity contribution in [3.63, 3.8) is 0 Å². The van der Waals surface area contributed by atoms with Crippen molar-refractivity contribution in [3.05, 3.63) is 65.4 Å². The smallest absolute Gasteiger partial charge is 0.313 e. The zero-order valence-corrected chi connectivity index (χ0v) is 19.4. The number of rotatable bonds is 7. The van der Waals surface area contributed by atoms with Crippen LogP contribution < -0.4 is 14.9 Å². The number of nitrogens with one attached hydrogen (secondary N) is 2. The molecule has 0 saturated carbocycles. The first-order valence-corrected chi connectivity index (χ1v) is 12.6. The van der Waals surface area contributed by atoms with Gasteiger partial charge in [0.25, 0.3) is 10.0 Å². The molecule has 1 atom stereocenters. The minimum atomic E-state index is -3.70. The molecule has 9 nitrogen and oxygen atoms in total. The maximum absolute atomic E-state index is 13.1. The van der Waals surface area contributed by atoms with Gasteiger partial charge in [-0.3, -0.25) is 13.9 Å². The highest BCUT2D eigenvalue weighted by molar-refractivity contribution is 7.94. The molecule has 4 rings (SSSR count). The minimum Gasteiger partial charge on any atom is -0.467 e. The Morgan fingerprint density at radius 1 is 1.21 bits per heavy atom. The molecule has 1 aliphatic heterocycles. The predicted octanol–water partition coefficient (Wildman–Crippen LogP) is 2.93. The van der Waals surface area contributed by atoms with Gasteiger partial charge >= 0.3 is 11.8 Å². The maximum atomic E-state index is 13.1. The summed E-state index contributed by atoms with van der Waals surface area (Å²) in [6.45, 7) is 0.392. The van der Waals surface area contributed by atoms with Gasteiger partial charge in [-0.2, -0.15) is 0 Å². The topological polar surface area (TPSA) is 118 Å². The van der Waals surface area contributed by atoms with Crippen LogP contribution in [-0.4, -0.2) is 40.4 Å². The molecule has 2 amide bonds. The van der Waals surface area contributed by atoms with E-state index in [2.05, 4.69) is 10.6 Å². The third kappa shape index (κ3) is 4.95. The van der Waals surface area contributed by atoms with Crippen molar-refractivity contribution in [2.45, 2.75) is 23.2 Å². The van der Waals surface area contributed by atoms with Crippen LogP contribution in [0, 0.1) is 0 Å². The molecule has 0 radical (unpaired) electrons. The van der Waals surface area contributed by atoms with Gasteiger partial charge in [0.2, 0.25) is 0 Å². The minimum absolute atomic E-state index is 0.0489. The Kier molecular flexibility index (Phi) is 6.82. The van der Waals surface area contributed by atoms with Gasteiger partial charge in [0.1, 0.15) is 16.1 Å². The third-order valence-electron chi connectivity index (χ3n) is 5.26. The quantitative estimate of drug-likeness (QED) is 0.493. The van der Waals surface area contributed by atoms with Gasteiger partial charge in [0, 0.05) is 19.3 Å². The van der Waals surface area contributed by atoms with Gasteiger partial charge in [0.15, 0.2) is 0 Å². The second-order valence-electron chi connectivity index (χ2n) is 7.36. The number of aryl methyl sites for hydroxylation is 1. The van der Waals surface area contributed by atoms with Gasteiger partial charge < -0.3 is 19.8 Å². The SMILES string of the molecule is COC(CNC(=O)C(=O)Nc1ccc2c(c1)N(S(=O)(=O)c1cccs1)CCC2)c1ccco1. The Hall–Kier alpha value is -3.15. The highest BCUT2D eigenvalue weighted by Gasteiger charge is 2.30. The summed E-state index contributed by atoms with van der Waals surface area (Å²) in [5, 5.41) is 6.77. The number of furan rings is 1. The molecule has 2 aromatic heterocycles. The van der Waals surface area contributed by atoms with E-state index < -0.39 is 27.9 Å². The number of methoxy groups -OCH3 is 1. The van der Waals surface area contributed by atoms with Crippen molar-refractivity contribution in [1.29, 1.82) is 0 Å². The van der Waals surface area contributed by atoms with E-state index in [0.717, 1.165) is 23.3 Å². The van der Waals surface area contributed by atoms with Crippen LogP contribution in [0.4, 0.5) is 11.4 Å². The van der Waals surface area contributed by atoms with E-state index in [9.17, 15) is 18.0 Å². The first-order valence-electron chi connectivity index (χ1n) is 10.2. The first-order chi connectivity index (χ1) is 15.9. The number of anilines is 2. The van der Waals surface area contributed by atoms with Crippen LogP contribution in [0.3, 0.4) is 0 Å². The summed E-state index contributed by atoms with van der Waals surface area (Å²) in [4.78, 5) is 24.7. The summed E-state index contributed by atoms with van der Waals surface area (Å²) in [5.74, 6) is -1.18. The zero-order valence-electron chi connectivity index (χ0n) is 17.8. The lowest BCUT2D eigenvalue weighted by Crippen LogP contribution is -2.38. The van der Waals surface area contributed by atoms with Crippen molar-refractivity contribution in [1.82, 2.24) is 5.32 Å². The van der Waals surface area contributed by atoms with Gasteiger partial charge in [-0.05, 0) is 54.1 Å². The highest BCUT2D eigenvalue weighted by atomic mass is 32.2. The van der Waals surface area contributed by atoms with E-state index in [1.54, 1.807) is 47.8 Å². The molecule has 0 spiro atoms. The van der Waals surface area contributed by atoms with E-state index >= 15 is 0 Å². The molecule has 11 heteroatoms. The molecule has 1 unspecified atom stereocenters. The molecule has 3 aromatic rings. The molecular formula is C22H23N3O6S2. The molecule has 33 heavy (non-hydrogen) atoms. The summed E-state index contributed by atoms with van der Waals surface area (Å²) >= 11 is 1.16. The number of benzene rings is 1. The van der Waals surface area contributed by atoms with Crippen LogP contribution in [-0.2, 0) is 30.8 Å². The predicted molar refractivity (Wildman–Crippen MR) is 124 cm³/mol.